The van der Waals surface area contributed by atoms with E-state index in [4.69, 9.17) is 0 Å². The lowest BCUT2D eigenvalue weighted by Crippen LogP contribution is -2.43. The van der Waals surface area contributed by atoms with E-state index >= 15 is 0 Å². The number of nitrogens with zero attached hydrogens (tertiary/aromatic N) is 1. The second kappa shape index (κ2) is 9.24. The van der Waals surface area contributed by atoms with Crippen molar-refractivity contribution in [1.29, 1.82) is 0 Å². The molecule has 0 spiro atoms. The average molecular weight is 374 g/mol. The minimum atomic E-state index is -0.00228. The predicted molar refractivity (Wildman–Crippen MR) is 106 cm³/mol. The van der Waals surface area contributed by atoms with Gasteiger partial charge in [0.1, 0.15) is 0 Å². The van der Waals surface area contributed by atoms with Crippen molar-refractivity contribution in [3.8, 4) is 0 Å². The molecule has 0 atom stereocenters. The zero-order valence-corrected chi connectivity index (χ0v) is 15.9. The van der Waals surface area contributed by atoms with Crippen LogP contribution in [0.4, 0.5) is 5.69 Å². The highest BCUT2D eigenvalue weighted by atomic mass is 32.2. The van der Waals surface area contributed by atoms with Crippen LogP contribution in [0.5, 0.6) is 0 Å². The molecule has 3 rings (SSSR count). The van der Waals surface area contributed by atoms with Crippen LogP contribution < -0.4 is 10.6 Å². The molecule has 1 saturated carbocycles. The van der Waals surface area contributed by atoms with Crippen LogP contribution in [0.25, 0.3) is 0 Å². The highest BCUT2D eigenvalue weighted by Gasteiger charge is 2.30. The van der Waals surface area contributed by atoms with Crippen LogP contribution in [0, 0.1) is 5.92 Å². The standard InChI is InChI=1S/C20H27N3O2S/c1-2-13-26-18-6-4-3-5-17(18)22-19(24)14-23-11-9-15(10-12-23)20(25)21-16-7-8-16/h2-6,15-16H,1,7-14H2,(H,21,25)(H,22,24). The molecule has 2 amide bonds. The maximum absolute atomic E-state index is 12.4. The number of rotatable bonds is 8. The third kappa shape index (κ3) is 5.61. The SMILES string of the molecule is C=CCSc1ccccc1NC(=O)CN1CCC(C(=O)NC2CC2)CC1. The molecule has 6 heteroatoms. The summed E-state index contributed by atoms with van der Waals surface area (Å²) in [5.74, 6) is 1.11. The number of hydrogen-bond donors (Lipinski definition) is 2. The molecule has 0 unspecified atom stereocenters. The summed E-state index contributed by atoms with van der Waals surface area (Å²) in [6.45, 7) is 5.70. The van der Waals surface area contributed by atoms with Crippen molar-refractivity contribution < 1.29 is 9.59 Å². The minimum absolute atomic E-state index is 0.00228. The van der Waals surface area contributed by atoms with Crippen LogP contribution >= 0.6 is 11.8 Å². The number of nitrogens with one attached hydrogen (secondary N) is 2. The van der Waals surface area contributed by atoms with E-state index in [-0.39, 0.29) is 17.7 Å². The molecule has 26 heavy (non-hydrogen) atoms. The molecule has 2 aliphatic rings. The van der Waals surface area contributed by atoms with Gasteiger partial charge in [-0.15, -0.1) is 18.3 Å². The fourth-order valence-corrected chi connectivity index (χ4v) is 3.88. The molecule has 5 nitrogen and oxygen atoms in total. The molecule has 0 bridgehead atoms. The molecule has 1 aromatic rings. The van der Waals surface area contributed by atoms with E-state index in [9.17, 15) is 9.59 Å². The van der Waals surface area contributed by atoms with E-state index in [1.807, 2.05) is 30.3 Å². The molecule has 1 aromatic carbocycles. The maximum atomic E-state index is 12.4. The summed E-state index contributed by atoms with van der Waals surface area (Å²) in [6.07, 6.45) is 5.76. The maximum Gasteiger partial charge on any atom is 0.238 e. The molecule has 1 saturated heterocycles. The summed E-state index contributed by atoms with van der Waals surface area (Å²) < 4.78 is 0. The minimum Gasteiger partial charge on any atom is -0.353 e. The topological polar surface area (TPSA) is 61.4 Å². The van der Waals surface area contributed by atoms with Crippen LogP contribution in [-0.4, -0.2) is 48.1 Å². The van der Waals surface area contributed by atoms with Gasteiger partial charge in [-0.3, -0.25) is 14.5 Å². The van der Waals surface area contributed by atoms with Gasteiger partial charge < -0.3 is 10.6 Å². The summed E-state index contributed by atoms with van der Waals surface area (Å²) >= 11 is 1.66. The fraction of sp³-hybridized carbons (Fsp3) is 0.500. The Morgan fingerprint density at radius 1 is 1.19 bits per heavy atom. The van der Waals surface area contributed by atoms with Gasteiger partial charge in [0.2, 0.25) is 11.8 Å². The second-order valence-electron chi connectivity index (χ2n) is 6.98. The van der Waals surface area contributed by atoms with Crippen LogP contribution in [-0.2, 0) is 9.59 Å². The van der Waals surface area contributed by atoms with Crippen molar-refractivity contribution in [3.05, 3.63) is 36.9 Å². The first-order valence-electron chi connectivity index (χ1n) is 9.31. The van der Waals surface area contributed by atoms with E-state index < -0.39 is 0 Å². The molecular weight excluding hydrogens is 346 g/mol. The Labute approximate surface area is 159 Å². The van der Waals surface area contributed by atoms with Gasteiger partial charge in [0.15, 0.2) is 0 Å². The monoisotopic (exact) mass is 373 g/mol. The van der Waals surface area contributed by atoms with Crippen molar-refractivity contribution in [2.75, 3.05) is 30.7 Å². The van der Waals surface area contributed by atoms with Gasteiger partial charge in [0.05, 0.1) is 12.2 Å². The van der Waals surface area contributed by atoms with Gasteiger partial charge in [-0.25, -0.2) is 0 Å². The lowest BCUT2D eigenvalue weighted by atomic mass is 9.96. The van der Waals surface area contributed by atoms with Gasteiger partial charge in [-0.05, 0) is 50.9 Å². The van der Waals surface area contributed by atoms with Crippen molar-refractivity contribution >= 4 is 29.3 Å². The second-order valence-corrected chi connectivity index (χ2v) is 8.04. The molecule has 1 heterocycles. The quantitative estimate of drug-likeness (QED) is 0.543. The molecule has 1 aliphatic carbocycles. The first kappa shape index (κ1) is 19.0. The number of benzene rings is 1. The summed E-state index contributed by atoms with van der Waals surface area (Å²) in [6, 6.07) is 8.26. The van der Waals surface area contributed by atoms with Gasteiger partial charge in [0.25, 0.3) is 0 Å². The number of thioether (sulfide) groups is 1. The molecule has 0 aromatic heterocycles. The lowest BCUT2D eigenvalue weighted by molar-refractivity contribution is -0.126. The largest absolute Gasteiger partial charge is 0.353 e. The van der Waals surface area contributed by atoms with E-state index in [1.54, 1.807) is 11.8 Å². The number of likely N-dealkylation sites (tertiary alicyclic amines) is 1. The smallest absolute Gasteiger partial charge is 0.238 e. The Balaban J connectivity index is 1.44. The molecule has 2 N–H and O–H groups in total. The van der Waals surface area contributed by atoms with Crippen LogP contribution in [0.2, 0.25) is 0 Å². The third-order valence-electron chi connectivity index (χ3n) is 4.77. The summed E-state index contributed by atoms with van der Waals surface area (Å²) in [4.78, 5) is 27.7. The Bertz CT molecular complexity index is 652. The van der Waals surface area contributed by atoms with E-state index in [2.05, 4.69) is 22.1 Å². The van der Waals surface area contributed by atoms with Crippen molar-refractivity contribution in [2.24, 2.45) is 5.92 Å². The highest BCUT2D eigenvalue weighted by molar-refractivity contribution is 7.99. The first-order valence-corrected chi connectivity index (χ1v) is 10.3. The molecule has 0 radical (unpaired) electrons. The van der Waals surface area contributed by atoms with Gasteiger partial charge in [-0.1, -0.05) is 18.2 Å². The number of amides is 2. The highest BCUT2D eigenvalue weighted by Crippen LogP contribution is 2.27. The van der Waals surface area contributed by atoms with Crippen LogP contribution in [0.3, 0.4) is 0 Å². The number of carbonyl (C=O) groups is 2. The number of piperidine rings is 1. The van der Waals surface area contributed by atoms with Crippen LogP contribution in [0.1, 0.15) is 25.7 Å². The fourth-order valence-electron chi connectivity index (χ4n) is 3.14. The van der Waals surface area contributed by atoms with Crippen LogP contribution in [0.15, 0.2) is 41.8 Å². The van der Waals surface area contributed by atoms with E-state index in [0.717, 1.165) is 55.1 Å². The summed E-state index contributed by atoms with van der Waals surface area (Å²) in [7, 11) is 0. The molecular formula is C20H27N3O2S. The summed E-state index contributed by atoms with van der Waals surface area (Å²) in [5, 5.41) is 6.11. The Morgan fingerprint density at radius 3 is 2.62 bits per heavy atom. The zero-order valence-electron chi connectivity index (χ0n) is 15.1. The van der Waals surface area contributed by atoms with Gasteiger partial charge in [-0.2, -0.15) is 0 Å². The summed E-state index contributed by atoms with van der Waals surface area (Å²) in [5.41, 5.74) is 0.850. The molecule has 140 valence electrons. The zero-order chi connectivity index (χ0) is 18.4. The number of carbonyl (C=O) groups excluding carboxylic acids is 2. The Kier molecular flexibility index (Phi) is 6.74. The number of para-hydroxylation sites is 1. The first-order chi connectivity index (χ1) is 12.7. The normalized spacial score (nSPS) is 18.3. The predicted octanol–water partition coefficient (Wildman–Crippen LogP) is 2.89. The third-order valence-corrected chi connectivity index (χ3v) is 5.84. The Hall–Kier alpha value is -1.79. The van der Waals surface area contributed by atoms with E-state index in [1.165, 1.54) is 0 Å². The molecule has 1 aliphatic heterocycles. The average Bonchev–Trinajstić information content (AvgIpc) is 3.45. The Morgan fingerprint density at radius 2 is 1.92 bits per heavy atom. The molecule has 2 fully saturated rings. The number of hydrogen-bond acceptors (Lipinski definition) is 4. The van der Waals surface area contributed by atoms with E-state index in [0.29, 0.717) is 12.6 Å². The van der Waals surface area contributed by atoms with Gasteiger partial charge >= 0.3 is 0 Å². The van der Waals surface area contributed by atoms with Crippen molar-refractivity contribution in [2.45, 2.75) is 36.6 Å². The van der Waals surface area contributed by atoms with Gasteiger partial charge in [0, 0.05) is 22.6 Å². The lowest BCUT2D eigenvalue weighted by Gasteiger charge is -2.30. The van der Waals surface area contributed by atoms with Crippen molar-refractivity contribution in [1.82, 2.24) is 10.2 Å². The number of anilines is 1. The van der Waals surface area contributed by atoms with Crippen molar-refractivity contribution in [3.63, 3.8) is 0 Å².